The number of aromatic nitrogens is 2. The molecular weight excluding hydrogens is 198 g/mol. The number of hydrogen-bond acceptors (Lipinski definition) is 2. The third kappa shape index (κ3) is 1.67. The monoisotopic (exact) mass is 219 g/mol. The molecule has 1 aromatic heterocycles. The lowest BCUT2D eigenvalue weighted by atomic mass is 9.82. The molecular formula is C13H21N3. The average molecular weight is 219 g/mol. The SMILES string of the molecule is CCc1[nH]c(C2CCNC2)nc1C1CCC1. The van der Waals surface area contributed by atoms with Gasteiger partial charge in [0.05, 0.1) is 5.69 Å². The number of imidazole rings is 1. The summed E-state index contributed by atoms with van der Waals surface area (Å²) in [6.45, 7) is 4.47. The summed E-state index contributed by atoms with van der Waals surface area (Å²) in [7, 11) is 0. The van der Waals surface area contributed by atoms with Crippen LogP contribution < -0.4 is 5.32 Å². The number of aryl methyl sites for hydroxylation is 1. The fourth-order valence-corrected chi connectivity index (χ4v) is 2.81. The van der Waals surface area contributed by atoms with Gasteiger partial charge in [0.15, 0.2) is 0 Å². The van der Waals surface area contributed by atoms with E-state index >= 15 is 0 Å². The lowest BCUT2D eigenvalue weighted by molar-refractivity contribution is 0.409. The van der Waals surface area contributed by atoms with Crippen LogP contribution in [0.2, 0.25) is 0 Å². The Bertz CT molecular complexity index is 359. The smallest absolute Gasteiger partial charge is 0.111 e. The Morgan fingerprint density at radius 3 is 2.69 bits per heavy atom. The van der Waals surface area contributed by atoms with E-state index in [1.165, 1.54) is 42.9 Å². The van der Waals surface area contributed by atoms with Crippen molar-refractivity contribution in [3.63, 3.8) is 0 Å². The van der Waals surface area contributed by atoms with Gasteiger partial charge < -0.3 is 10.3 Å². The van der Waals surface area contributed by atoms with Gasteiger partial charge in [-0.1, -0.05) is 13.3 Å². The van der Waals surface area contributed by atoms with E-state index in [2.05, 4.69) is 17.2 Å². The van der Waals surface area contributed by atoms with Crippen molar-refractivity contribution in [1.82, 2.24) is 15.3 Å². The largest absolute Gasteiger partial charge is 0.345 e. The molecule has 3 nitrogen and oxygen atoms in total. The first-order valence-electron chi connectivity index (χ1n) is 6.68. The van der Waals surface area contributed by atoms with E-state index in [0.717, 1.165) is 25.4 Å². The molecule has 2 aliphatic rings. The minimum Gasteiger partial charge on any atom is -0.345 e. The molecule has 16 heavy (non-hydrogen) atoms. The Labute approximate surface area is 97.0 Å². The van der Waals surface area contributed by atoms with E-state index in [9.17, 15) is 0 Å². The van der Waals surface area contributed by atoms with Gasteiger partial charge in [0.25, 0.3) is 0 Å². The summed E-state index contributed by atoms with van der Waals surface area (Å²) in [6, 6.07) is 0. The highest BCUT2D eigenvalue weighted by atomic mass is 15.0. The summed E-state index contributed by atoms with van der Waals surface area (Å²) >= 11 is 0. The van der Waals surface area contributed by atoms with Crippen LogP contribution in [0.3, 0.4) is 0 Å². The summed E-state index contributed by atoms with van der Waals surface area (Å²) in [5, 5.41) is 3.41. The van der Waals surface area contributed by atoms with E-state index in [0.29, 0.717) is 5.92 Å². The molecule has 1 saturated heterocycles. The second kappa shape index (κ2) is 4.21. The molecule has 1 atom stereocenters. The highest BCUT2D eigenvalue weighted by molar-refractivity contribution is 5.23. The average Bonchev–Trinajstić information content (AvgIpc) is 2.81. The number of hydrogen-bond donors (Lipinski definition) is 2. The molecule has 1 aliphatic heterocycles. The molecule has 0 amide bonds. The molecule has 2 heterocycles. The highest BCUT2D eigenvalue weighted by Gasteiger charge is 2.27. The van der Waals surface area contributed by atoms with Gasteiger partial charge in [0, 0.05) is 24.1 Å². The highest BCUT2D eigenvalue weighted by Crippen LogP contribution is 2.38. The fourth-order valence-electron chi connectivity index (χ4n) is 2.81. The lowest BCUT2D eigenvalue weighted by Gasteiger charge is -2.24. The van der Waals surface area contributed by atoms with Crippen molar-refractivity contribution in [2.24, 2.45) is 0 Å². The van der Waals surface area contributed by atoms with E-state index in [-0.39, 0.29) is 0 Å². The van der Waals surface area contributed by atoms with Gasteiger partial charge in [-0.3, -0.25) is 0 Å². The molecule has 3 heteroatoms. The van der Waals surface area contributed by atoms with Gasteiger partial charge in [-0.05, 0) is 32.2 Å². The molecule has 2 fully saturated rings. The summed E-state index contributed by atoms with van der Waals surface area (Å²) in [4.78, 5) is 8.46. The Hall–Kier alpha value is -0.830. The van der Waals surface area contributed by atoms with Crippen LogP contribution in [0.15, 0.2) is 0 Å². The lowest BCUT2D eigenvalue weighted by Crippen LogP contribution is -2.11. The summed E-state index contributed by atoms with van der Waals surface area (Å²) in [6.07, 6.45) is 6.42. The molecule has 1 saturated carbocycles. The number of rotatable bonds is 3. The maximum Gasteiger partial charge on any atom is 0.111 e. The minimum absolute atomic E-state index is 0.624. The Kier molecular flexibility index (Phi) is 2.72. The van der Waals surface area contributed by atoms with E-state index < -0.39 is 0 Å². The van der Waals surface area contributed by atoms with Crippen molar-refractivity contribution in [2.75, 3.05) is 13.1 Å². The molecule has 0 radical (unpaired) electrons. The third-order valence-electron chi connectivity index (χ3n) is 4.12. The Morgan fingerprint density at radius 2 is 2.12 bits per heavy atom. The first-order chi connectivity index (χ1) is 7.88. The topological polar surface area (TPSA) is 40.7 Å². The molecule has 3 rings (SSSR count). The van der Waals surface area contributed by atoms with E-state index in [1.807, 2.05) is 0 Å². The molecule has 2 N–H and O–H groups in total. The van der Waals surface area contributed by atoms with Gasteiger partial charge >= 0.3 is 0 Å². The van der Waals surface area contributed by atoms with Crippen molar-refractivity contribution in [3.8, 4) is 0 Å². The van der Waals surface area contributed by atoms with Crippen LogP contribution in [0.4, 0.5) is 0 Å². The zero-order chi connectivity index (χ0) is 11.0. The van der Waals surface area contributed by atoms with Crippen molar-refractivity contribution in [1.29, 1.82) is 0 Å². The number of nitrogens with zero attached hydrogens (tertiary/aromatic N) is 1. The maximum atomic E-state index is 4.89. The quantitative estimate of drug-likeness (QED) is 0.819. The molecule has 1 aromatic rings. The Morgan fingerprint density at radius 1 is 1.25 bits per heavy atom. The normalized spacial score (nSPS) is 25.9. The van der Waals surface area contributed by atoms with Crippen LogP contribution in [-0.4, -0.2) is 23.1 Å². The first-order valence-corrected chi connectivity index (χ1v) is 6.68. The molecule has 0 bridgehead atoms. The van der Waals surface area contributed by atoms with Crippen molar-refractivity contribution < 1.29 is 0 Å². The molecule has 0 spiro atoms. The zero-order valence-corrected chi connectivity index (χ0v) is 10.1. The Balaban J connectivity index is 1.85. The predicted molar refractivity (Wildman–Crippen MR) is 64.8 cm³/mol. The standard InChI is InChI=1S/C13H21N3/c1-2-11-12(9-4-3-5-9)16-13(15-11)10-6-7-14-8-10/h9-10,14H,2-8H2,1H3,(H,15,16). The van der Waals surface area contributed by atoms with Crippen molar-refractivity contribution in [3.05, 3.63) is 17.2 Å². The van der Waals surface area contributed by atoms with Gasteiger partial charge in [0.1, 0.15) is 5.82 Å². The zero-order valence-electron chi connectivity index (χ0n) is 10.1. The van der Waals surface area contributed by atoms with Gasteiger partial charge in [-0.15, -0.1) is 0 Å². The minimum atomic E-state index is 0.624. The van der Waals surface area contributed by atoms with Crippen LogP contribution in [0.25, 0.3) is 0 Å². The molecule has 88 valence electrons. The van der Waals surface area contributed by atoms with Gasteiger partial charge in [-0.25, -0.2) is 4.98 Å². The van der Waals surface area contributed by atoms with Crippen LogP contribution in [-0.2, 0) is 6.42 Å². The number of nitrogens with one attached hydrogen (secondary N) is 2. The molecule has 1 aliphatic carbocycles. The first kappa shape index (κ1) is 10.3. The number of H-pyrrole nitrogens is 1. The number of aromatic amines is 1. The summed E-state index contributed by atoms with van der Waals surface area (Å²) in [5.74, 6) is 2.62. The van der Waals surface area contributed by atoms with E-state index in [1.54, 1.807) is 0 Å². The van der Waals surface area contributed by atoms with Gasteiger partial charge in [-0.2, -0.15) is 0 Å². The van der Waals surface area contributed by atoms with E-state index in [4.69, 9.17) is 4.98 Å². The summed E-state index contributed by atoms with van der Waals surface area (Å²) in [5.41, 5.74) is 2.78. The molecule has 1 unspecified atom stereocenters. The van der Waals surface area contributed by atoms with Crippen LogP contribution in [0.1, 0.15) is 61.7 Å². The van der Waals surface area contributed by atoms with Crippen LogP contribution >= 0.6 is 0 Å². The van der Waals surface area contributed by atoms with Crippen LogP contribution in [0, 0.1) is 0 Å². The second-order valence-electron chi connectivity index (χ2n) is 5.16. The third-order valence-corrected chi connectivity index (χ3v) is 4.12. The maximum absolute atomic E-state index is 4.89. The molecule has 0 aromatic carbocycles. The summed E-state index contributed by atoms with van der Waals surface area (Å²) < 4.78 is 0. The second-order valence-corrected chi connectivity index (χ2v) is 5.16. The van der Waals surface area contributed by atoms with Crippen molar-refractivity contribution in [2.45, 2.75) is 50.9 Å². The van der Waals surface area contributed by atoms with Crippen molar-refractivity contribution >= 4 is 0 Å². The van der Waals surface area contributed by atoms with Gasteiger partial charge in [0.2, 0.25) is 0 Å². The fraction of sp³-hybridized carbons (Fsp3) is 0.769. The predicted octanol–water partition coefficient (Wildman–Crippen LogP) is 2.32. The van der Waals surface area contributed by atoms with Crippen LogP contribution in [0.5, 0.6) is 0 Å².